The molecule has 5 heteroatoms. The van der Waals surface area contributed by atoms with Crippen LogP contribution in [0.3, 0.4) is 0 Å². The number of carbonyl (C=O) groups is 2. The van der Waals surface area contributed by atoms with Gasteiger partial charge in [0, 0.05) is 24.2 Å². The number of hydrogen-bond acceptors (Lipinski definition) is 3. The average molecular weight is 353 g/mol. The second-order valence-electron chi connectivity index (χ2n) is 6.60. The van der Waals surface area contributed by atoms with Gasteiger partial charge in [-0.2, -0.15) is 0 Å². The maximum atomic E-state index is 12.4. The maximum Gasteiger partial charge on any atom is 0.251 e. The molecule has 0 bridgehead atoms. The van der Waals surface area contributed by atoms with Crippen LogP contribution in [0.4, 0.5) is 0 Å². The van der Waals surface area contributed by atoms with Crippen molar-refractivity contribution in [1.29, 1.82) is 0 Å². The number of benzene rings is 2. The van der Waals surface area contributed by atoms with Crippen molar-refractivity contribution in [2.24, 2.45) is 0 Å². The summed E-state index contributed by atoms with van der Waals surface area (Å²) in [6.45, 7) is 4.01. The molecule has 0 fully saturated rings. The third kappa shape index (κ3) is 6.01. The molecule has 0 unspecified atom stereocenters. The van der Waals surface area contributed by atoms with Crippen molar-refractivity contribution in [3.05, 3.63) is 70.8 Å². The van der Waals surface area contributed by atoms with Crippen LogP contribution >= 0.6 is 0 Å². The fourth-order valence-electron chi connectivity index (χ4n) is 2.59. The number of aryl methyl sites for hydroxylation is 1. The Morgan fingerprint density at radius 1 is 0.923 bits per heavy atom. The van der Waals surface area contributed by atoms with E-state index in [0.29, 0.717) is 24.2 Å². The summed E-state index contributed by atoms with van der Waals surface area (Å²) in [6, 6.07) is 14.7. The summed E-state index contributed by atoms with van der Waals surface area (Å²) in [4.78, 5) is 26.7. The molecule has 0 radical (unpaired) electrons. The summed E-state index contributed by atoms with van der Waals surface area (Å²) in [7, 11) is 4.00. The Morgan fingerprint density at radius 2 is 1.58 bits per heavy atom. The largest absolute Gasteiger partial charge is 0.352 e. The number of nitrogens with zero attached hydrogens (tertiary/aromatic N) is 1. The number of hydrogen-bond donors (Lipinski definition) is 2. The van der Waals surface area contributed by atoms with Crippen molar-refractivity contribution in [1.82, 2.24) is 15.5 Å². The summed E-state index contributed by atoms with van der Waals surface area (Å²) >= 11 is 0. The SMILES string of the molecule is Cc1ccccc1CNC(=O)c1cccc(C(=O)NCCCN(C)C)c1. The van der Waals surface area contributed by atoms with Gasteiger partial charge in [-0.3, -0.25) is 9.59 Å². The summed E-state index contributed by atoms with van der Waals surface area (Å²) in [5, 5.41) is 5.80. The van der Waals surface area contributed by atoms with E-state index < -0.39 is 0 Å². The lowest BCUT2D eigenvalue weighted by Crippen LogP contribution is -2.28. The Bertz CT molecular complexity index is 756. The van der Waals surface area contributed by atoms with Crippen molar-refractivity contribution in [3.8, 4) is 0 Å². The Labute approximate surface area is 155 Å². The molecule has 2 rings (SSSR count). The Kier molecular flexibility index (Phi) is 7.36. The third-order valence-electron chi connectivity index (χ3n) is 4.16. The molecule has 5 nitrogen and oxygen atoms in total. The molecule has 0 atom stereocenters. The van der Waals surface area contributed by atoms with E-state index in [9.17, 15) is 9.59 Å². The quantitative estimate of drug-likeness (QED) is 0.717. The zero-order valence-corrected chi connectivity index (χ0v) is 15.7. The van der Waals surface area contributed by atoms with E-state index in [1.54, 1.807) is 24.3 Å². The Morgan fingerprint density at radius 3 is 2.23 bits per heavy atom. The molecule has 0 aromatic heterocycles. The van der Waals surface area contributed by atoms with E-state index in [1.165, 1.54) is 0 Å². The maximum absolute atomic E-state index is 12.4. The van der Waals surface area contributed by atoms with Crippen molar-refractivity contribution in [2.45, 2.75) is 19.9 Å². The van der Waals surface area contributed by atoms with Crippen LogP contribution in [0.15, 0.2) is 48.5 Å². The molecule has 0 saturated heterocycles. The minimum absolute atomic E-state index is 0.155. The molecule has 2 aromatic carbocycles. The summed E-state index contributed by atoms with van der Waals surface area (Å²) < 4.78 is 0. The van der Waals surface area contributed by atoms with E-state index in [2.05, 4.69) is 15.5 Å². The number of rotatable bonds is 8. The number of amides is 2. The molecule has 2 N–H and O–H groups in total. The zero-order valence-electron chi connectivity index (χ0n) is 15.7. The van der Waals surface area contributed by atoms with Crippen LogP contribution in [0.2, 0.25) is 0 Å². The standard InChI is InChI=1S/C21H27N3O2/c1-16-8-4-5-9-19(16)15-23-21(26)18-11-6-10-17(14-18)20(25)22-12-7-13-24(2)3/h4-6,8-11,14H,7,12-13,15H2,1-3H3,(H,22,25)(H,23,26). The average Bonchev–Trinajstić information content (AvgIpc) is 2.64. The van der Waals surface area contributed by atoms with Crippen molar-refractivity contribution < 1.29 is 9.59 Å². The number of nitrogens with one attached hydrogen (secondary N) is 2. The van der Waals surface area contributed by atoms with Crippen molar-refractivity contribution in [3.63, 3.8) is 0 Å². The Balaban J connectivity index is 1.92. The van der Waals surface area contributed by atoms with E-state index in [1.807, 2.05) is 45.3 Å². The molecule has 0 spiro atoms. The predicted molar refractivity (Wildman–Crippen MR) is 104 cm³/mol. The highest BCUT2D eigenvalue weighted by atomic mass is 16.2. The fourth-order valence-corrected chi connectivity index (χ4v) is 2.59. The van der Waals surface area contributed by atoms with Crippen LogP contribution < -0.4 is 10.6 Å². The van der Waals surface area contributed by atoms with Crippen LogP contribution in [0.1, 0.15) is 38.3 Å². The van der Waals surface area contributed by atoms with Gasteiger partial charge in [-0.05, 0) is 63.3 Å². The van der Waals surface area contributed by atoms with Crippen molar-refractivity contribution >= 4 is 11.8 Å². The Hall–Kier alpha value is -2.66. The van der Waals surface area contributed by atoms with Gasteiger partial charge in [-0.15, -0.1) is 0 Å². The van der Waals surface area contributed by atoms with E-state index >= 15 is 0 Å². The number of carbonyl (C=O) groups excluding carboxylic acids is 2. The fraction of sp³-hybridized carbons (Fsp3) is 0.333. The van der Waals surface area contributed by atoms with Crippen LogP contribution in [-0.4, -0.2) is 43.9 Å². The van der Waals surface area contributed by atoms with Gasteiger partial charge in [0.05, 0.1) is 0 Å². The van der Waals surface area contributed by atoms with E-state index in [0.717, 1.165) is 24.1 Å². The third-order valence-corrected chi connectivity index (χ3v) is 4.16. The second kappa shape index (κ2) is 9.73. The monoisotopic (exact) mass is 353 g/mol. The zero-order chi connectivity index (χ0) is 18.9. The molecule has 26 heavy (non-hydrogen) atoms. The van der Waals surface area contributed by atoms with Gasteiger partial charge in [0.25, 0.3) is 11.8 Å². The molecular formula is C21H27N3O2. The van der Waals surface area contributed by atoms with Gasteiger partial charge in [0.2, 0.25) is 0 Å². The molecule has 138 valence electrons. The molecule has 0 saturated carbocycles. The lowest BCUT2D eigenvalue weighted by Gasteiger charge is -2.11. The van der Waals surface area contributed by atoms with Gasteiger partial charge in [0.1, 0.15) is 0 Å². The van der Waals surface area contributed by atoms with Crippen LogP contribution in [0, 0.1) is 6.92 Å². The molecule has 0 aliphatic heterocycles. The van der Waals surface area contributed by atoms with Gasteiger partial charge >= 0.3 is 0 Å². The molecule has 0 aliphatic carbocycles. The second-order valence-corrected chi connectivity index (χ2v) is 6.60. The smallest absolute Gasteiger partial charge is 0.251 e. The molecule has 0 aliphatic rings. The van der Waals surface area contributed by atoms with Gasteiger partial charge in [-0.25, -0.2) is 0 Å². The topological polar surface area (TPSA) is 61.4 Å². The summed E-state index contributed by atoms with van der Waals surface area (Å²) in [5.41, 5.74) is 3.20. The highest BCUT2D eigenvalue weighted by Crippen LogP contribution is 2.09. The van der Waals surface area contributed by atoms with E-state index in [4.69, 9.17) is 0 Å². The van der Waals surface area contributed by atoms with Gasteiger partial charge in [-0.1, -0.05) is 30.3 Å². The lowest BCUT2D eigenvalue weighted by atomic mass is 10.1. The normalized spacial score (nSPS) is 10.6. The minimum Gasteiger partial charge on any atom is -0.352 e. The lowest BCUT2D eigenvalue weighted by molar-refractivity contribution is 0.0950. The summed E-state index contributed by atoms with van der Waals surface area (Å²) in [6.07, 6.45) is 0.884. The molecule has 2 aromatic rings. The predicted octanol–water partition coefficient (Wildman–Crippen LogP) is 2.61. The first kappa shape index (κ1) is 19.7. The summed E-state index contributed by atoms with van der Waals surface area (Å²) in [5.74, 6) is -0.340. The molecule has 2 amide bonds. The van der Waals surface area contributed by atoms with Gasteiger partial charge in [0.15, 0.2) is 0 Å². The molecular weight excluding hydrogens is 326 g/mol. The first-order valence-electron chi connectivity index (χ1n) is 8.83. The van der Waals surface area contributed by atoms with Crippen molar-refractivity contribution in [2.75, 3.05) is 27.2 Å². The van der Waals surface area contributed by atoms with Gasteiger partial charge < -0.3 is 15.5 Å². The molecule has 0 heterocycles. The van der Waals surface area contributed by atoms with Crippen LogP contribution in [-0.2, 0) is 6.54 Å². The first-order valence-corrected chi connectivity index (χ1v) is 8.83. The minimum atomic E-state index is -0.185. The highest BCUT2D eigenvalue weighted by molar-refractivity contribution is 5.99. The first-order chi connectivity index (χ1) is 12.5. The van der Waals surface area contributed by atoms with Crippen LogP contribution in [0.5, 0.6) is 0 Å². The van der Waals surface area contributed by atoms with Crippen LogP contribution in [0.25, 0.3) is 0 Å². The highest BCUT2D eigenvalue weighted by Gasteiger charge is 2.10. The van der Waals surface area contributed by atoms with E-state index in [-0.39, 0.29) is 11.8 Å².